The number of hydrogen-bond donors (Lipinski definition) is 1. The van der Waals surface area contributed by atoms with E-state index in [0.29, 0.717) is 0 Å². The van der Waals surface area contributed by atoms with E-state index >= 15 is 0 Å². The minimum absolute atomic E-state index is 0.0552. The van der Waals surface area contributed by atoms with Gasteiger partial charge in [-0.2, -0.15) is 0 Å². The predicted molar refractivity (Wildman–Crippen MR) is 86.8 cm³/mol. The van der Waals surface area contributed by atoms with Crippen molar-refractivity contribution in [1.82, 2.24) is 5.32 Å². The summed E-state index contributed by atoms with van der Waals surface area (Å²) in [5, 5.41) is 3.48. The van der Waals surface area contributed by atoms with Crippen molar-refractivity contribution in [2.75, 3.05) is 7.11 Å². The molecule has 2 aliphatic heterocycles. The monoisotopic (exact) mass is 319 g/mol. The van der Waals surface area contributed by atoms with E-state index in [1.54, 1.807) is 7.11 Å². The van der Waals surface area contributed by atoms with Gasteiger partial charge in [-0.05, 0) is 19.4 Å². The van der Waals surface area contributed by atoms with Gasteiger partial charge >= 0.3 is 0 Å². The Hall–Kier alpha value is -1.24. The zero-order valence-electron chi connectivity index (χ0n) is 13.9. The number of fused-ring (bicyclic) bond motifs is 1. The zero-order valence-corrected chi connectivity index (χ0v) is 13.9. The SMILES string of the molecule is C=C[C@H](NCc1ccccc1)[C@H]1O[C@H](OC)[C@H]2OC(C)(C)O[C@H]21. The lowest BCUT2D eigenvalue weighted by molar-refractivity contribution is -0.228. The summed E-state index contributed by atoms with van der Waals surface area (Å²) in [6, 6.07) is 10.2. The van der Waals surface area contributed by atoms with Gasteiger partial charge in [-0.3, -0.25) is 0 Å². The third kappa shape index (κ3) is 3.49. The topological polar surface area (TPSA) is 49.0 Å². The van der Waals surface area contributed by atoms with E-state index in [-0.39, 0.29) is 24.4 Å². The second-order valence-electron chi connectivity index (χ2n) is 6.40. The highest BCUT2D eigenvalue weighted by molar-refractivity contribution is 5.15. The Morgan fingerprint density at radius 2 is 1.96 bits per heavy atom. The summed E-state index contributed by atoms with van der Waals surface area (Å²) in [5.74, 6) is -0.626. The molecule has 5 nitrogen and oxygen atoms in total. The van der Waals surface area contributed by atoms with Gasteiger partial charge in [0.25, 0.3) is 0 Å². The van der Waals surface area contributed by atoms with Crippen molar-refractivity contribution in [2.45, 2.75) is 56.8 Å². The molecular formula is C18H25NO4. The molecule has 0 bridgehead atoms. The Morgan fingerprint density at radius 3 is 2.61 bits per heavy atom. The van der Waals surface area contributed by atoms with Crippen LogP contribution in [0.5, 0.6) is 0 Å². The van der Waals surface area contributed by atoms with Crippen molar-refractivity contribution in [3.8, 4) is 0 Å². The molecule has 0 radical (unpaired) electrons. The van der Waals surface area contributed by atoms with Gasteiger partial charge in [-0.15, -0.1) is 6.58 Å². The van der Waals surface area contributed by atoms with E-state index < -0.39 is 12.1 Å². The van der Waals surface area contributed by atoms with E-state index in [4.69, 9.17) is 18.9 Å². The first-order valence-electron chi connectivity index (χ1n) is 7.98. The number of hydrogen-bond acceptors (Lipinski definition) is 5. The Morgan fingerprint density at radius 1 is 1.26 bits per heavy atom. The molecule has 2 heterocycles. The quantitative estimate of drug-likeness (QED) is 0.815. The standard InChI is InChI=1S/C18H25NO4/c1-5-13(19-11-12-9-7-6-8-10-12)14-15-16(17(20-4)21-14)23-18(2,3)22-15/h5-10,13-17,19H,1,11H2,2-4H3/t13-,14+,15-,16-,17-/m0/s1. The summed E-state index contributed by atoms with van der Waals surface area (Å²) in [6.07, 6.45) is 0.833. The average molecular weight is 319 g/mol. The molecule has 0 amide bonds. The second-order valence-corrected chi connectivity index (χ2v) is 6.40. The molecule has 1 aromatic carbocycles. The lowest BCUT2D eigenvalue weighted by Gasteiger charge is -2.27. The predicted octanol–water partition coefficient (Wildman–Crippen LogP) is 2.22. The number of benzene rings is 1. The molecular weight excluding hydrogens is 294 g/mol. The molecule has 23 heavy (non-hydrogen) atoms. The molecule has 0 saturated carbocycles. The molecule has 2 fully saturated rings. The van der Waals surface area contributed by atoms with E-state index in [2.05, 4.69) is 24.0 Å². The van der Waals surface area contributed by atoms with Crippen LogP contribution in [0.1, 0.15) is 19.4 Å². The van der Waals surface area contributed by atoms with E-state index in [9.17, 15) is 0 Å². The molecule has 0 unspecified atom stereocenters. The Labute approximate surface area is 137 Å². The fourth-order valence-corrected chi connectivity index (χ4v) is 3.24. The molecule has 1 N–H and O–H groups in total. The first-order chi connectivity index (χ1) is 11.0. The maximum atomic E-state index is 6.04. The van der Waals surface area contributed by atoms with Gasteiger partial charge in [0.15, 0.2) is 12.1 Å². The molecule has 5 heteroatoms. The van der Waals surface area contributed by atoms with Crippen LogP contribution in [0.2, 0.25) is 0 Å². The highest BCUT2D eigenvalue weighted by atomic mass is 16.8. The van der Waals surface area contributed by atoms with Crippen molar-refractivity contribution < 1.29 is 18.9 Å². The van der Waals surface area contributed by atoms with Crippen molar-refractivity contribution in [1.29, 1.82) is 0 Å². The number of methoxy groups -OCH3 is 1. The normalized spacial score (nSPS) is 33.3. The van der Waals surface area contributed by atoms with Crippen LogP contribution in [0.3, 0.4) is 0 Å². The fourth-order valence-electron chi connectivity index (χ4n) is 3.24. The summed E-state index contributed by atoms with van der Waals surface area (Å²) in [7, 11) is 1.62. The van der Waals surface area contributed by atoms with Crippen LogP contribution in [0, 0.1) is 0 Å². The fraction of sp³-hybridized carbons (Fsp3) is 0.556. The van der Waals surface area contributed by atoms with Gasteiger partial charge in [-0.25, -0.2) is 0 Å². The zero-order chi connectivity index (χ0) is 16.4. The van der Waals surface area contributed by atoms with Gasteiger partial charge < -0.3 is 24.3 Å². The third-order valence-corrected chi connectivity index (χ3v) is 4.27. The molecule has 2 aliphatic rings. The molecule has 0 aromatic heterocycles. The number of rotatable bonds is 6. The van der Waals surface area contributed by atoms with Gasteiger partial charge in [0, 0.05) is 13.7 Å². The van der Waals surface area contributed by atoms with Crippen LogP contribution in [-0.4, -0.2) is 43.5 Å². The van der Waals surface area contributed by atoms with Crippen LogP contribution in [0.15, 0.2) is 43.0 Å². The molecule has 3 rings (SSSR count). The Kier molecular flexibility index (Phi) is 4.85. The van der Waals surface area contributed by atoms with Crippen molar-refractivity contribution in [3.63, 3.8) is 0 Å². The van der Waals surface area contributed by atoms with Crippen molar-refractivity contribution in [2.24, 2.45) is 0 Å². The lowest BCUT2D eigenvalue weighted by atomic mass is 10.0. The van der Waals surface area contributed by atoms with Gasteiger partial charge in [0.05, 0.1) is 6.04 Å². The summed E-state index contributed by atoms with van der Waals surface area (Å²) in [4.78, 5) is 0. The van der Waals surface area contributed by atoms with Crippen molar-refractivity contribution >= 4 is 0 Å². The second kappa shape index (κ2) is 6.71. The molecule has 1 aromatic rings. The molecule has 5 atom stereocenters. The van der Waals surface area contributed by atoms with E-state index in [1.807, 2.05) is 38.1 Å². The smallest absolute Gasteiger partial charge is 0.186 e. The van der Waals surface area contributed by atoms with Crippen LogP contribution >= 0.6 is 0 Å². The Balaban J connectivity index is 1.69. The summed E-state index contributed by atoms with van der Waals surface area (Å²) in [5.41, 5.74) is 1.21. The molecule has 0 aliphatic carbocycles. The highest BCUT2D eigenvalue weighted by Gasteiger charge is 2.56. The first kappa shape index (κ1) is 16.6. The van der Waals surface area contributed by atoms with E-state index in [1.165, 1.54) is 5.56 Å². The number of nitrogens with one attached hydrogen (secondary N) is 1. The Bertz CT molecular complexity index is 533. The summed E-state index contributed by atoms with van der Waals surface area (Å²) < 4.78 is 23.4. The summed E-state index contributed by atoms with van der Waals surface area (Å²) >= 11 is 0. The van der Waals surface area contributed by atoms with Crippen LogP contribution in [0.25, 0.3) is 0 Å². The third-order valence-electron chi connectivity index (χ3n) is 4.27. The van der Waals surface area contributed by atoms with Gasteiger partial charge in [-0.1, -0.05) is 36.4 Å². The maximum Gasteiger partial charge on any atom is 0.186 e. The largest absolute Gasteiger partial charge is 0.353 e. The van der Waals surface area contributed by atoms with Gasteiger partial charge in [0.1, 0.15) is 18.3 Å². The first-order valence-corrected chi connectivity index (χ1v) is 7.98. The van der Waals surface area contributed by atoms with Crippen molar-refractivity contribution in [3.05, 3.63) is 48.6 Å². The molecule has 0 spiro atoms. The highest BCUT2D eigenvalue weighted by Crippen LogP contribution is 2.40. The molecule has 126 valence electrons. The maximum absolute atomic E-state index is 6.04. The molecule has 2 saturated heterocycles. The number of ether oxygens (including phenoxy) is 4. The van der Waals surface area contributed by atoms with Gasteiger partial charge in [0.2, 0.25) is 0 Å². The van der Waals surface area contributed by atoms with Crippen LogP contribution < -0.4 is 5.32 Å². The van der Waals surface area contributed by atoms with E-state index in [0.717, 1.165) is 6.54 Å². The average Bonchev–Trinajstić information content (AvgIpc) is 3.02. The summed E-state index contributed by atoms with van der Waals surface area (Å²) in [6.45, 7) is 8.50. The minimum atomic E-state index is -0.626. The lowest BCUT2D eigenvalue weighted by Crippen LogP contribution is -2.45. The van der Waals surface area contributed by atoms with Crippen LogP contribution in [-0.2, 0) is 25.5 Å². The minimum Gasteiger partial charge on any atom is -0.353 e. The van der Waals surface area contributed by atoms with Crippen LogP contribution in [0.4, 0.5) is 0 Å².